The third-order valence-corrected chi connectivity index (χ3v) is 2.76. The van der Waals surface area contributed by atoms with Gasteiger partial charge in [-0.2, -0.15) is 5.32 Å². The van der Waals surface area contributed by atoms with E-state index in [1.807, 2.05) is 0 Å². The second kappa shape index (κ2) is 7.42. The van der Waals surface area contributed by atoms with E-state index in [2.05, 4.69) is 15.7 Å². The fraction of sp³-hybridized carbons (Fsp3) is 0.167. The predicted octanol–water partition coefficient (Wildman–Crippen LogP) is -0.0167. The molecule has 0 saturated heterocycles. The van der Waals surface area contributed by atoms with Crippen molar-refractivity contribution < 1.29 is 19.1 Å². The first-order valence-electron chi connectivity index (χ1n) is 6.39. The van der Waals surface area contributed by atoms with Crippen molar-refractivity contribution in [2.75, 3.05) is 23.8 Å². The van der Waals surface area contributed by atoms with Gasteiger partial charge in [-0.25, -0.2) is 9.52 Å². The van der Waals surface area contributed by atoms with Crippen LogP contribution in [0.25, 0.3) is 0 Å². The minimum Gasteiger partial charge on any atom is -0.740 e. The molecule has 11 heteroatoms. The van der Waals surface area contributed by atoms with E-state index in [1.165, 1.54) is 6.07 Å². The average Bonchev–Trinajstić information content (AvgIpc) is 2.50. The van der Waals surface area contributed by atoms with E-state index in [9.17, 15) is 15.2 Å². The minimum atomic E-state index is -0.798. The largest absolute Gasteiger partial charge is 0.740 e. The van der Waals surface area contributed by atoms with Crippen LogP contribution in [0.2, 0.25) is 5.02 Å². The van der Waals surface area contributed by atoms with E-state index in [-0.39, 0.29) is 21.9 Å². The third-order valence-electron chi connectivity index (χ3n) is 2.52. The van der Waals surface area contributed by atoms with Crippen molar-refractivity contribution in [2.45, 2.75) is 0 Å². The summed E-state index contributed by atoms with van der Waals surface area (Å²) in [7, 11) is 0. The number of hydrogen-bond acceptors (Lipinski definition) is 6. The highest BCUT2D eigenvalue weighted by Gasteiger charge is 2.18. The number of rotatable bonds is 5. The highest BCUT2D eigenvalue weighted by Crippen LogP contribution is 2.28. The lowest BCUT2D eigenvalue weighted by molar-refractivity contribution is -0.705. The summed E-state index contributed by atoms with van der Waals surface area (Å²) in [5.74, 6) is -0.128. The van der Waals surface area contributed by atoms with Crippen LogP contribution in [-0.2, 0) is 0 Å². The smallest absolute Gasteiger partial charge is 0.469 e. The number of aromatic nitrogens is 3. The summed E-state index contributed by atoms with van der Waals surface area (Å²) in [5, 5.41) is 30.7. The minimum absolute atomic E-state index is 0.138. The maximum atomic E-state index is 11.9. The van der Waals surface area contributed by atoms with E-state index in [0.29, 0.717) is 17.3 Å². The average molecular weight is 341 g/mol. The number of nitrogens with zero attached hydrogens (tertiary/aromatic N) is 3. The Hall–Kier alpha value is -2.85. The zero-order valence-electron chi connectivity index (χ0n) is 11.7. The van der Waals surface area contributed by atoms with Crippen LogP contribution in [0.5, 0.6) is 5.75 Å². The fourth-order valence-electron chi connectivity index (χ4n) is 1.59. The van der Waals surface area contributed by atoms with E-state index in [4.69, 9.17) is 22.1 Å². The summed E-state index contributed by atoms with van der Waals surface area (Å²) in [6, 6.07) is 3.81. The van der Waals surface area contributed by atoms with Gasteiger partial charge in [-0.3, -0.25) is 5.32 Å². The molecule has 0 fully saturated rings. The molecule has 122 valence electrons. The number of hydrogen-bond donors (Lipinski definition) is 3. The second-order valence-corrected chi connectivity index (χ2v) is 4.64. The molecular formula is C12H13ClN6O4. The highest BCUT2D eigenvalue weighted by atomic mass is 35.5. The van der Waals surface area contributed by atoms with Gasteiger partial charge in [0.2, 0.25) is 5.10 Å². The molecule has 2 rings (SSSR count). The standard InChI is InChI=1S/C12H13ClN6O4/c13-8-1-2-10(23-6-3-14)9(7-8)15-12(20)16-11-17-19(22)5-4-18(11)21/h1-2,4-5,7H,3,6,14H2,(H2,15,16,17,20). The molecule has 2 amide bonds. The molecule has 0 aliphatic carbocycles. The van der Waals surface area contributed by atoms with Crippen molar-refractivity contribution in [3.8, 4) is 5.75 Å². The zero-order chi connectivity index (χ0) is 16.8. The molecular weight excluding hydrogens is 328 g/mol. The topological polar surface area (TPSA) is 143 Å². The molecule has 10 nitrogen and oxygen atoms in total. The summed E-state index contributed by atoms with van der Waals surface area (Å²) in [4.78, 5) is 12.1. The van der Waals surface area contributed by atoms with Gasteiger partial charge in [0.1, 0.15) is 18.6 Å². The van der Waals surface area contributed by atoms with Gasteiger partial charge in [-0.15, -0.1) is 0 Å². The van der Waals surface area contributed by atoms with Gasteiger partial charge in [0.05, 0.1) is 5.69 Å². The van der Waals surface area contributed by atoms with Gasteiger partial charge >= 0.3 is 12.0 Å². The molecule has 1 heterocycles. The first kappa shape index (κ1) is 16.5. The second-order valence-electron chi connectivity index (χ2n) is 4.21. The number of anilines is 2. The zero-order valence-corrected chi connectivity index (χ0v) is 12.5. The van der Waals surface area contributed by atoms with Crippen LogP contribution in [0.3, 0.4) is 0 Å². The van der Waals surface area contributed by atoms with Crippen LogP contribution in [0.1, 0.15) is 0 Å². The van der Waals surface area contributed by atoms with Crippen molar-refractivity contribution in [2.24, 2.45) is 5.73 Å². The molecule has 4 N–H and O–H groups in total. The molecule has 0 bridgehead atoms. The lowest BCUT2D eigenvalue weighted by Crippen LogP contribution is -2.43. The number of carbonyl (C=O) groups excluding carboxylic acids is 1. The quantitative estimate of drug-likeness (QED) is 0.515. The van der Waals surface area contributed by atoms with Gasteiger partial charge in [0, 0.05) is 16.4 Å². The SMILES string of the molecule is NCCOc1ccc(Cl)cc1NC(=O)Nc1n[n+]([O-])cc[n+]1[O-]. The van der Waals surface area contributed by atoms with Crippen LogP contribution < -0.4 is 30.7 Å². The van der Waals surface area contributed by atoms with E-state index in [1.54, 1.807) is 12.1 Å². The molecule has 2 aromatic rings. The van der Waals surface area contributed by atoms with E-state index < -0.39 is 12.0 Å². The highest BCUT2D eigenvalue weighted by molar-refractivity contribution is 6.31. The maximum absolute atomic E-state index is 11.9. The van der Waals surface area contributed by atoms with Crippen molar-refractivity contribution in [1.29, 1.82) is 0 Å². The Morgan fingerprint density at radius 2 is 2.13 bits per heavy atom. The van der Waals surface area contributed by atoms with E-state index >= 15 is 0 Å². The number of nitrogens with one attached hydrogen (secondary N) is 2. The Labute approximate surface area is 135 Å². The summed E-state index contributed by atoms with van der Waals surface area (Å²) in [6.45, 7) is 0.538. The number of nitrogens with two attached hydrogens (primary N) is 1. The number of amides is 2. The lowest BCUT2D eigenvalue weighted by Gasteiger charge is -2.12. The molecule has 0 aliphatic heterocycles. The van der Waals surface area contributed by atoms with Gasteiger partial charge in [-0.1, -0.05) is 11.6 Å². The molecule has 23 heavy (non-hydrogen) atoms. The lowest BCUT2D eigenvalue weighted by atomic mass is 10.3. The summed E-state index contributed by atoms with van der Waals surface area (Å²) >= 11 is 5.88. The number of carbonyl (C=O) groups is 1. The Morgan fingerprint density at radius 3 is 2.87 bits per heavy atom. The van der Waals surface area contributed by atoms with Gasteiger partial charge in [0.25, 0.3) is 6.20 Å². The van der Waals surface area contributed by atoms with Crippen LogP contribution in [-0.4, -0.2) is 24.3 Å². The molecule has 0 radical (unpaired) electrons. The van der Waals surface area contributed by atoms with Gasteiger partial charge in [-0.05, 0) is 18.2 Å². The van der Waals surface area contributed by atoms with Gasteiger partial charge in [0.15, 0.2) is 0 Å². The van der Waals surface area contributed by atoms with Gasteiger partial charge < -0.3 is 20.9 Å². The number of urea groups is 1. The summed E-state index contributed by atoms with van der Waals surface area (Å²) < 4.78 is 5.61. The first-order chi connectivity index (χ1) is 11.0. The summed E-state index contributed by atoms with van der Waals surface area (Å²) in [5.41, 5.74) is 5.63. The van der Waals surface area contributed by atoms with Crippen molar-refractivity contribution in [3.63, 3.8) is 0 Å². The number of ether oxygens (including phenoxy) is 1. The third kappa shape index (κ3) is 4.56. The predicted molar refractivity (Wildman–Crippen MR) is 80.8 cm³/mol. The maximum Gasteiger partial charge on any atom is 0.469 e. The first-order valence-corrected chi connectivity index (χ1v) is 6.77. The van der Waals surface area contributed by atoms with Crippen molar-refractivity contribution >= 4 is 29.3 Å². The summed E-state index contributed by atoms with van der Waals surface area (Å²) in [6.07, 6.45) is 1.80. The molecule has 0 saturated carbocycles. The van der Waals surface area contributed by atoms with Crippen LogP contribution in [0.4, 0.5) is 16.4 Å². The number of halogens is 1. The fourth-order valence-corrected chi connectivity index (χ4v) is 1.76. The van der Waals surface area contributed by atoms with E-state index in [0.717, 1.165) is 12.4 Å². The van der Waals surface area contributed by atoms with Crippen LogP contribution in [0, 0.1) is 10.4 Å². The van der Waals surface area contributed by atoms with Crippen LogP contribution in [0.15, 0.2) is 30.6 Å². The Bertz CT molecular complexity index is 714. The van der Waals surface area contributed by atoms with Crippen molar-refractivity contribution in [3.05, 3.63) is 46.0 Å². The number of benzene rings is 1. The Balaban J connectivity index is 2.13. The van der Waals surface area contributed by atoms with Crippen molar-refractivity contribution in [1.82, 2.24) is 5.10 Å². The molecule has 1 aromatic carbocycles. The molecule has 1 aromatic heterocycles. The van der Waals surface area contributed by atoms with Crippen LogP contribution >= 0.6 is 11.6 Å². The normalized spacial score (nSPS) is 10.2. The molecule has 0 unspecified atom stereocenters. The Morgan fingerprint density at radius 1 is 1.35 bits per heavy atom. The monoisotopic (exact) mass is 340 g/mol. The molecule has 0 atom stereocenters. The molecule has 0 spiro atoms. The molecule has 0 aliphatic rings. The Kier molecular flexibility index (Phi) is 5.33.